The average molecular weight is 419 g/mol. The summed E-state index contributed by atoms with van der Waals surface area (Å²) in [7, 11) is 1.65. The summed E-state index contributed by atoms with van der Waals surface area (Å²) in [5, 5.41) is 19.2. The molecule has 160 valence electrons. The van der Waals surface area contributed by atoms with Crippen LogP contribution in [-0.4, -0.2) is 57.9 Å². The first-order chi connectivity index (χ1) is 15.2. The van der Waals surface area contributed by atoms with E-state index in [0.29, 0.717) is 18.2 Å². The molecule has 4 rings (SSSR count). The van der Waals surface area contributed by atoms with Crippen LogP contribution in [0.4, 0.5) is 11.6 Å². The zero-order chi connectivity index (χ0) is 21.6. The Morgan fingerprint density at radius 1 is 1.26 bits per heavy atom. The molecule has 1 fully saturated rings. The van der Waals surface area contributed by atoms with E-state index in [4.69, 9.17) is 14.7 Å². The van der Waals surface area contributed by atoms with Crippen LogP contribution in [0.15, 0.2) is 36.7 Å². The van der Waals surface area contributed by atoms with Gasteiger partial charge in [0.2, 0.25) is 0 Å². The van der Waals surface area contributed by atoms with Crippen molar-refractivity contribution in [3.63, 3.8) is 0 Å². The van der Waals surface area contributed by atoms with Gasteiger partial charge in [0.25, 0.3) is 0 Å². The lowest BCUT2D eigenvalue weighted by Crippen LogP contribution is -2.22. The summed E-state index contributed by atoms with van der Waals surface area (Å²) < 4.78 is 11.7. The van der Waals surface area contributed by atoms with E-state index in [0.717, 1.165) is 48.6 Å². The van der Waals surface area contributed by atoms with Crippen molar-refractivity contribution in [3.05, 3.63) is 47.9 Å². The normalized spacial score (nSPS) is 16.2. The van der Waals surface area contributed by atoms with Gasteiger partial charge < -0.3 is 19.7 Å². The average Bonchev–Trinajstić information content (AvgIpc) is 3.47. The fraction of sp³-hybridized carbons (Fsp3) is 0.364. The summed E-state index contributed by atoms with van der Waals surface area (Å²) in [5.41, 5.74) is 3.04. The van der Waals surface area contributed by atoms with Crippen molar-refractivity contribution >= 4 is 11.6 Å². The number of ether oxygens (including phenoxy) is 2. The molecule has 2 N–H and O–H groups in total. The summed E-state index contributed by atoms with van der Waals surface area (Å²) in [6.07, 6.45) is 4.27. The zero-order valence-electron chi connectivity index (χ0n) is 17.6. The minimum atomic E-state index is 0.262. The molecular formula is C22H25N7O2. The van der Waals surface area contributed by atoms with Crippen LogP contribution in [-0.2, 0) is 11.3 Å². The number of aromatic nitrogens is 4. The van der Waals surface area contributed by atoms with Crippen molar-refractivity contribution < 1.29 is 9.47 Å². The van der Waals surface area contributed by atoms with Crippen LogP contribution in [0.1, 0.15) is 24.6 Å². The van der Waals surface area contributed by atoms with E-state index in [-0.39, 0.29) is 11.8 Å². The summed E-state index contributed by atoms with van der Waals surface area (Å²) in [5.74, 6) is 1.84. The maximum absolute atomic E-state index is 8.81. The first-order valence-corrected chi connectivity index (χ1v) is 10.2. The lowest BCUT2D eigenvalue weighted by Gasteiger charge is -2.15. The van der Waals surface area contributed by atoms with E-state index < -0.39 is 0 Å². The quantitative estimate of drug-likeness (QED) is 0.573. The molecule has 1 aliphatic rings. The summed E-state index contributed by atoms with van der Waals surface area (Å²) in [4.78, 5) is 10.5. The maximum Gasteiger partial charge on any atom is 0.158 e. The second-order valence-electron chi connectivity index (χ2n) is 7.34. The Hall–Kier alpha value is -3.48. The summed E-state index contributed by atoms with van der Waals surface area (Å²) >= 11 is 0. The van der Waals surface area contributed by atoms with Gasteiger partial charge >= 0.3 is 0 Å². The van der Waals surface area contributed by atoms with E-state index in [9.17, 15) is 0 Å². The van der Waals surface area contributed by atoms with E-state index in [1.807, 2.05) is 30.3 Å². The minimum absolute atomic E-state index is 0.262. The molecule has 0 bridgehead atoms. The predicted molar refractivity (Wildman–Crippen MR) is 116 cm³/mol. The number of likely N-dealkylation sites (tertiary alicyclic amines) is 1. The molecule has 1 atom stereocenters. The fourth-order valence-electron chi connectivity index (χ4n) is 3.59. The third-order valence-corrected chi connectivity index (χ3v) is 5.32. The van der Waals surface area contributed by atoms with Crippen LogP contribution in [0.3, 0.4) is 0 Å². The van der Waals surface area contributed by atoms with Gasteiger partial charge in [0.05, 0.1) is 37.9 Å². The number of likely N-dealkylation sites (N-methyl/N-ethyl adjacent to an activating group) is 1. The molecule has 0 unspecified atom stereocenters. The Kier molecular flexibility index (Phi) is 6.40. The molecule has 0 spiro atoms. The van der Waals surface area contributed by atoms with Gasteiger partial charge in [-0.3, -0.25) is 5.10 Å². The highest BCUT2D eigenvalue weighted by molar-refractivity contribution is 5.71. The Balaban J connectivity index is 1.42. The first kappa shape index (κ1) is 20.8. The number of rotatable bonds is 8. The highest BCUT2D eigenvalue weighted by Gasteiger charge is 2.21. The van der Waals surface area contributed by atoms with Crippen molar-refractivity contribution in [2.75, 3.05) is 32.1 Å². The number of hydrogen-bond acceptors (Lipinski definition) is 8. The molecule has 0 amide bonds. The lowest BCUT2D eigenvalue weighted by molar-refractivity contribution is 0.0470. The van der Waals surface area contributed by atoms with Gasteiger partial charge in [-0.05, 0) is 30.7 Å². The van der Waals surface area contributed by atoms with Crippen molar-refractivity contribution in [1.29, 1.82) is 5.26 Å². The topological polar surface area (TPSA) is 112 Å². The third kappa shape index (κ3) is 4.99. The van der Waals surface area contributed by atoms with Crippen molar-refractivity contribution in [2.24, 2.45) is 0 Å². The molecule has 1 aliphatic heterocycles. The Bertz CT molecular complexity index is 1060. The Morgan fingerprint density at radius 2 is 2.16 bits per heavy atom. The molecule has 31 heavy (non-hydrogen) atoms. The van der Waals surface area contributed by atoms with Gasteiger partial charge in [-0.25, -0.2) is 9.97 Å². The molecule has 1 saturated heterocycles. The molecular weight excluding hydrogens is 394 g/mol. The summed E-state index contributed by atoms with van der Waals surface area (Å²) in [6, 6.07) is 9.86. The maximum atomic E-state index is 8.81. The van der Waals surface area contributed by atoms with Gasteiger partial charge in [-0.1, -0.05) is 13.0 Å². The monoisotopic (exact) mass is 419 g/mol. The fourth-order valence-corrected chi connectivity index (χ4v) is 3.59. The highest BCUT2D eigenvalue weighted by Crippen LogP contribution is 2.31. The third-order valence-electron chi connectivity index (χ3n) is 5.32. The van der Waals surface area contributed by atoms with Gasteiger partial charge in [0.1, 0.15) is 17.6 Å². The second kappa shape index (κ2) is 9.55. The first-order valence-electron chi connectivity index (χ1n) is 10.2. The number of benzene rings is 1. The highest BCUT2D eigenvalue weighted by atomic mass is 16.5. The molecule has 9 nitrogen and oxygen atoms in total. The molecule has 1 aromatic carbocycles. The molecule has 0 aliphatic carbocycles. The van der Waals surface area contributed by atoms with Gasteiger partial charge in [-0.15, -0.1) is 0 Å². The number of hydrogen-bond donors (Lipinski definition) is 2. The van der Waals surface area contributed by atoms with E-state index in [1.54, 1.807) is 7.11 Å². The molecule has 0 saturated carbocycles. The largest absolute Gasteiger partial charge is 0.496 e. The number of nitrogens with one attached hydrogen (secondary N) is 2. The van der Waals surface area contributed by atoms with Crippen LogP contribution >= 0.6 is 0 Å². The van der Waals surface area contributed by atoms with Gasteiger partial charge in [0, 0.05) is 24.7 Å². The standard InChI is InChI=1S/C22H25N7O2/c1-3-29-7-6-17(13-29)31-14-15-4-5-18(20(8-15)30-2)19-9-21(28-27-19)26-22-12-24-16(10-23)11-25-22/h4-5,8-9,11-12,17H,3,6-7,13-14H2,1-2H3,(H2,25,26,27,28)/t17-/m1/s1. The number of nitriles is 1. The van der Waals surface area contributed by atoms with Crippen molar-refractivity contribution in [3.8, 4) is 23.1 Å². The Labute approximate surface area is 181 Å². The lowest BCUT2D eigenvalue weighted by atomic mass is 10.1. The summed E-state index contributed by atoms with van der Waals surface area (Å²) in [6.45, 7) is 5.92. The van der Waals surface area contributed by atoms with Crippen molar-refractivity contribution in [1.82, 2.24) is 25.1 Å². The number of anilines is 2. The predicted octanol–water partition coefficient (Wildman–Crippen LogP) is 3.10. The van der Waals surface area contributed by atoms with Crippen LogP contribution in [0.25, 0.3) is 11.3 Å². The second-order valence-corrected chi connectivity index (χ2v) is 7.34. The van der Waals surface area contributed by atoms with E-state index >= 15 is 0 Å². The Morgan fingerprint density at radius 3 is 2.87 bits per heavy atom. The molecule has 0 radical (unpaired) electrons. The molecule has 3 aromatic rings. The van der Waals surface area contributed by atoms with Crippen LogP contribution in [0, 0.1) is 11.3 Å². The smallest absolute Gasteiger partial charge is 0.158 e. The van der Waals surface area contributed by atoms with Gasteiger partial charge in [0.15, 0.2) is 11.5 Å². The van der Waals surface area contributed by atoms with Crippen LogP contribution < -0.4 is 10.1 Å². The molecule has 2 aromatic heterocycles. The van der Waals surface area contributed by atoms with Gasteiger partial charge in [-0.2, -0.15) is 10.4 Å². The minimum Gasteiger partial charge on any atom is -0.496 e. The van der Waals surface area contributed by atoms with E-state index in [2.05, 4.69) is 37.3 Å². The number of H-pyrrole nitrogens is 1. The molecule has 9 heteroatoms. The van der Waals surface area contributed by atoms with Crippen LogP contribution in [0.5, 0.6) is 5.75 Å². The number of aromatic amines is 1. The van der Waals surface area contributed by atoms with E-state index in [1.165, 1.54) is 12.4 Å². The van der Waals surface area contributed by atoms with Crippen LogP contribution in [0.2, 0.25) is 0 Å². The van der Waals surface area contributed by atoms with Crippen molar-refractivity contribution in [2.45, 2.75) is 26.1 Å². The number of methoxy groups -OCH3 is 1. The number of nitrogens with zero attached hydrogens (tertiary/aromatic N) is 5. The SMILES string of the molecule is CCN1CC[C@@H](OCc2ccc(-c3cc(Nc4cnc(C#N)cn4)n[nH]3)c(OC)c2)C1. The zero-order valence-corrected chi connectivity index (χ0v) is 17.6. The molecule has 3 heterocycles.